The van der Waals surface area contributed by atoms with Crippen LogP contribution in [0.15, 0.2) is 18.2 Å². The van der Waals surface area contributed by atoms with E-state index in [1.165, 1.54) is 0 Å². The summed E-state index contributed by atoms with van der Waals surface area (Å²) in [7, 11) is 3.31. The van der Waals surface area contributed by atoms with Crippen LogP contribution in [0.4, 0.5) is 0 Å². The molecule has 4 nitrogen and oxygen atoms in total. The van der Waals surface area contributed by atoms with Crippen LogP contribution < -0.4 is 16.0 Å². The monoisotopic (exact) mass is 196 g/mol. The second kappa shape index (κ2) is 5.59. The first kappa shape index (κ1) is 11.0. The summed E-state index contributed by atoms with van der Waals surface area (Å²) in [6, 6.07) is 5.84. The molecule has 78 valence electrons. The molecular weight excluding hydrogens is 180 g/mol. The third kappa shape index (κ3) is 2.70. The van der Waals surface area contributed by atoms with Gasteiger partial charge in [0.15, 0.2) is 0 Å². The summed E-state index contributed by atoms with van der Waals surface area (Å²) < 4.78 is 10.2. The molecule has 0 unspecified atom stereocenters. The van der Waals surface area contributed by atoms with E-state index in [4.69, 9.17) is 15.3 Å². The van der Waals surface area contributed by atoms with E-state index in [2.05, 4.69) is 5.43 Å². The molecule has 0 amide bonds. The van der Waals surface area contributed by atoms with Crippen molar-refractivity contribution in [2.24, 2.45) is 5.84 Å². The van der Waals surface area contributed by atoms with Gasteiger partial charge in [0.25, 0.3) is 0 Å². The third-order valence-corrected chi connectivity index (χ3v) is 2.01. The minimum atomic E-state index is 0.564. The second-order valence-corrected chi connectivity index (χ2v) is 2.95. The average Bonchev–Trinajstić information content (AvgIpc) is 2.21. The van der Waals surface area contributed by atoms with Crippen LogP contribution >= 0.6 is 0 Å². The highest BCUT2D eigenvalue weighted by atomic mass is 16.5. The largest absolute Gasteiger partial charge is 0.497 e. The van der Waals surface area contributed by atoms with E-state index < -0.39 is 0 Å². The molecular formula is C10H16N2O2. The van der Waals surface area contributed by atoms with Crippen molar-refractivity contribution in [1.82, 2.24) is 5.43 Å². The Balaban J connectivity index is 2.91. The number of ether oxygens (including phenoxy) is 2. The van der Waals surface area contributed by atoms with Gasteiger partial charge in [0.1, 0.15) is 5.75 Å². The minimum Gasteiger partial charge on any atom is -0.497 e. The first-order chi connectivity index (χ1) is 6.81. The zero-order valence-electron chi connectivity index (χ0n) is 8.54. The molecule has 4 heteroatoms. The van der Waals surface area contributed by atoms with Gasteiger partial charge in [-0.2, -0.15) is 0 Å². The van der Waals surface area contributed by atoms with Gasteiger partial charge >= 0.3 is 0 Å². The Hall–Kier alpha value is -1.10. The maximum Gasteiger partial charge on any atom is 0.119 e. The Labute approximate surface area is 84.0 Å². The third-order valence-electron chi connectivity index (χ3n) is 2.01. The molecule has 0 aromatic heterocycles. The normalized spacial score (nSPS) is 10.2. The smallest absolute Gasteiger partial charge is 0.119 e. The molecule has 0 bridgehead atoms. The molecule has 0 spiro atoms. The minimum absolute atomic E-state index is 0.564. The molecule has 0 atom stereocenters. The van der Waals surface area contributed by atoms with E-state index in [9.17, 15) is 0 Å². The van der Waals surface area contributed by atoms with Gasteiger partial charge < -0.3 is 9.47 Å². The molecule has 0 saturated heterocycles. The topological polar surface area (TPSA) is 56.5 Å². The highest BCUT2D eigenvalue weighted by Gasteiger charge is 2.03. The lowest BCUT2D eigenvalue weighted by atomic mass is 10.1. The van der Waals surface area contributed by atoms with Gasteiger partial charge in [-0.1, -0.05) is 6.07 Å². The average molecular weight is 196 g/mol. The number of hydrazine groups is 1. The molecule has 3 N–H and O–H groups in total. The van der Waals surface area contributed by atoms with Crippen LogP contribution in [0.25, 0.3) is 0 Å². The lowest BCUT2D eigenvalue weighted by molar-refractivity contribution is 0.183. The summed E-state index contributed by atoms with van der Waals surface area (Å²) in [6.07, 6.45) is 0. The van der Waals surface area contributed by atoms with Crippen molar-refractivity contribution in [2.45, 2.75) is 13.2 Å². The van der Waals surface area contributed by atoms with E-state index in [0.717, 1.165) is 16.9 Å². The SMILES string of the molecule is COCc1cc(OC)ccc1CNN. The fourth-order valence-corrected chi connectivity index (χ4v) is 1.30. The Morgan fingerprint density at radius 2 is 2.07 bits per heavy atom. The van der Waals surface area contributed by atoms with Gasteiger partial charge in [-0.05, 0) is 23.3 Å². The molecule has 0 aliphatic carbocycles. The van der Waals surface area contributed by atoms with Gasteiger partial charge in [0.05, 0.1) is 13.7 Å². The molecule has 0 heterocycles. The second-order valence-electron chi connectivity index (χ2n) is 2.95. The highest BCUT2D eigenvalue weighted by molar-refractivity contribution is 5.35. The number of hydrogen-bond acceptors (Lipinski definition) is 4. The first-order valence-electron chi connectivity index (χ1n) is 4.40. The fourth-order valence-electron chi connectivity index (χ4n) is 1.30. The van der Waals surface area contributed by atoms with Crippen LogP contribution in [-0.4, -0.2) is 14.2 Å². The van der Waals surface area contributed by atoms with Crippen molar-refractivity contribution < 1.29 is 9.47 Å². The maximum atomic E-state index is 5.27. The summed E-state index contributed by atoms with van der Waals surface area (Å²) in [6.45, 7) is 1.19. The standard InChI is InChI=1S/C10H16N2O2/c1-13-7-9-5-10(14-2)4-3-8(9)6-12-11/h3-5,12H,6-7,11H2,1-2H3. The zero-order chi connectivity index (χ0) is 10.4. The maximum absolute atomic E-state index is 5.27. The molecule has 0 saturated carbocycles. The van der Waals surface area contributed by atoms with E-state index >= 15 is 0 Å². The van der Waals surface area contributed by atoms with Gasteiger partial charge in [0, 0.05) is 13.7 Å². The van der Waals surface area contributed by atoms with Crippen LogP contribution in [0.1, 0.15) is 11.1 Å². The van der Waals surface area contributed by atoms with Gasteiger partial charge in [-0.15, -0.1) is 0 Å². The number of nitrogens with two attached hydrogens (primary N) is 1. The molecule has 14 heavy (non-hydrogen) atoms. The predicted molar refractivity (Wildman–Crippen MR) is 54.7 cm³/mol. The summed E-state index contributed by atoms with van der Waals surface area (Å²) in [5, 5.41) is 0. The van der Waals surface area contributed by atoms with Crippen LogP contribution in [0.2, 0.25) is 0 Å². The summed E-state index contributed by atoms with van der Waals surface area (Å²) in [5.74, 6) is 6.11. The summed E-state index contributed by atoms with van der Waals surface area (Å²) in [5.41, 5.74) is 4.83. The number of benzene rings is 1. The quantitative estimate of drug-likeness (QED) is 0.540. The van der Waals surface area contributed by atoms with Crippen molar-refractivity contribution in [3.63, 3.8) is 0 Å². The van der Waals surface area contributed by atoms with Crippen LogP contribution in [0.3, 0.4) is 0 Å². The molecule has 0 aliphatic heterocycles. The van der Waals surface area contributed by atoms with E-state index in [0.29, 0.717) is 13.2 Å². The van der Waals surface area contributed by atoms with E-state index in [1.54, 1.807) is 14.2 Å². The number of hydrogen-bond donors (Lipinski definition) is 2. The molecule has 1 rings (SSSR count). The van der Waals surface area contributed by atoms with Crippen LogP contribution in [-0.2, 0) is 17.9 Å². The Bertz CT molecular complexity index is 289. The predicted octanol–water partition coefficient (Wildman–Crippen LogP) is 0.805. The lowest BCUT2D eigenvalue weighted by Crippen LogP contribution is -2.21. The van der Waals surface area contributed by atoms with Gasteiger partial charge in [0.2, 0.25) is 0 Å². The first-order valence-corrected chi connectivity index (χ1v) is 4.40. The Kier molecular flexibility index (Phi) is 4.39. The lowest BCUT2D eigenvalue weighted by Gasteiger charge is -2.10. The van der Waals surface area contributed by atoms with Crippen molar-refractivity contribution in [1.29, 1.82) is 0 Å². The van der Waals surface area contributed by atoms with Crippen molar-refractivity contribution >= 4 is 0 Å². The van der Waals surface area contributed by atoms with E-state index in [1.807, 2.05) is 18.2 Å². The summed E-state index contributed by atoms with van der Waals surface area (Å²) >= 11 is 0. The van der Waals surface area contributed by atoms with E-state index in [-0.39, 0.29) is 0 Å². The Morgan fingerprint density at radius 1 is 1.29 bits per heavy atom. The van der Waals surface area contributed by atoms with Crippen molar-refractivity contribution in [3.8, 4) is 5.75 Å². The molecule has 1 aromatic rings. The van der Waals surface area contributed by atoms with Crippen molar-refractivity contribution in [2.75, 3.05) is 14.2 Å². The number of methoxy groups -OCH3 is 2. The van der Waals surface area contributed by atoms with Crippen molar-refractivity contribution in [3.05, 3.63) is 29.3 Å². The molecule has 0 aliphatic rings. The highest BCUT2D eigenvalue weighted by Crippen LogP contribution is 2.18. The van der Waals surface area contributed by atoms with Crippen LogP contribution in [0, 0.1) is 0 Å². The zero-order valence-corrected chi connectivity index (χ0v) is 8.54. The van der Waals surface area contributed by atoms with Gasteiger partial charge in [-0.3, -0.25) is 11.3 Å². The van der Waals surface area contributed by atoms with Crippen LogP contribution in [0.5, 0.6) is 5.75 Å². The molecule has 0 fully saturated rings. The number of rotatable bonds is 5. The fraction of sp³-hybridized carbons (Fsp3) is 0.400. The Morgan fingerprint density at radius 3 is 2.64 bits per heavy atom. The number of nitrogens with one attached hydrogen (secondary N) is 1. The van der Waals surface area contributed by atoms with Gasteiger partial charge in [-0.25, -0.2) is 0 Å². The molecule has 0 radical (unpaired) electrons. The molecule has 1 aromatic carbocycles. The summed E-state index contributed by atoms with van der Waals surface area (Å²) in [4.78, 5) is 0.